The number of thiol groups is 1. The first-order valence-electron chi connectivity index (χ1n) is 4.17. The van der Waals surface area contributed by atoms with Crippen LogP contribution in [0.2, 0.25) is 0 Å². The van der Waals surface area contributed by atoms with Gasteiger partial charge in [0, 0.05) is 4.47 Å². The molecule has 1 amide bonds. The minimum atomic E-state index is -0.347. The molecule has 0 aromatic heterocycles. The Labute approximate surface area is 112 Å². The minimum absolute atomic E-state index is 0.185. The summed E-state index contributed by atoms with van der Waals surface area (Å²) in [5.41, 5.74) is 5.23. The van der Waals surface area contributed by atoms with E-state index in [1.807, 2.05) is 0 Å². The van der Waals surface area contributed by atoms with Crippen molar-refractivity contribution < 1.29 is 9.53 Å². The Kier molecular flexibility index (Phi) is 5.04. The van der Waals surface area contributed by atoms with Gasteiger partial charge in [0.15, 0.2) is 0 Å². The Hall–Kier alpha value is -0.790. The molecule has 0 atom stereocenters. The molecule has 86 valence electrons. The summed E-state index contributed by atoms with van der Waals surface area (Å²) < 4.78 is 6.10. The summed E-state index contributed by atoms with van der Waals surface area (Å²) in [6, 6.07) is 5.09. The molecule has 0 radical (unpaired) electrons. The van der Waals surface area contributed by atoms with Crippen LogP contribution in [0, 0.1) is 0 Å². The van der Waals surface area contributed by atoms with Crippen LogP contribution in [0.4, 0.5) is 0 Å². The Balaban J connectivity index is 2.86. The summed E-state index contributed by atoms with van der Waals surface area (Å²) in [6.45, 7) is 0. The van der Waals surface area contributed by atoms with Gasteiger partial charge in [-0.15, -0.1) is 12.6 Å². The van der Waals surface area contributed by atoms with E-state index in [0.717, 1.165) is 4.47 Å². The van der Waals surface area contributed by atoms with Crippen molar-refractivity contribution in [2.75, 3.05) is 7.11 Å². The molecule has 0 spiro atoms. The quantitative estimate of drug-likeness (QED) is 0.442. The van der Waals surface area contributed by atoms with Crippen molar-refractivity contribution in [1.29, 1.82) is 0 Å². The highest BCUT2D eigenvalue weighted by Gasteiger charge is 2.11. The highest BCUT2D eigenvalue weighted by molar-refractivity contribution is 9.10. The number of carbonyl (C=O) groups is 1. The lowest BCUT2D eigenvalue weighted by molar-refractivity contribution is 0.0941. The van der Waals surface area contributed by atoms with Crippen LogP contribution in [0.5, 0.6) is 5.75 Å². The van der Waals surface area contributed by atoms with Gasteiger partial charge >= 0.3 is 0 Å². The van der Waals surface area contributed by atoms with Crippen LogP contribution >= 0.6 is 40.8 Å². The number of hydrogen-bond donors (Lipinski definition) is 3. The molecule has 0 heterocycles. The van der Waals surface area contributed by atoms with Gasteiger partial charge in [0.2, 0.25) is 0 Å². The molecule has 2 N–H and O–H groups in total. The Morgan fingerprint density at radius 1 is 1.50 bits per heavy atom. The fourth-order valence-corrected chi connectivity index (χ4v) is 1.48. The third-order valence-electron chi connectivity index (χ3n) is 1.69. The summed E-state index contributed by atoms with van der Waals surface area (Å²) in [5, 5.41) is 0. The molecular weight excluding hydrogens is 312 g/mol. The van der Waals surface area contributed by atoms with E-state index in [1.54, 1.807) is 18.2 Å². The van der Waals surface area contributed by atoms with Crippen molar-refractivity contribution >= 4 is 51.0 Å². The lowest BCUT2D eigenvalue weighted by atomic mass is 10.2. The summed E-state index contributed by atoms with van der Waals surface area (Å²) in [7, 11) is 1.50. The van der Waals surface area contributed by atoms with Crippen LogP contribution in [0.1, 0.15) is 10.4 Å². The maximum absolute atomic E-state index is 11.7. The molecule has 0 aliphatic carbocycles. The van der Waals surface area contributed by atoms with E-state index in [9.17, 15) is 4.79 Å². The molecule has 4 nitrogen and oxygen atoms in total. The molecule has 0 bridgehead atoms. The van der Waals surface area contributed by atoms with Crippen molar-refractivity contribution in [3.05, 3.63) is 28.2 Å². The van der Waals surface area contributed by atoms with Gasteiger partial charge in [0.1, 0.15) is 10.1 Å². The molecule has 1 rings (SSSR count). The van der Waals surface area contributed by atoms with E-state index >= 15 is 0 Å². The molecule has 0 saturated carbocycles. The Morgan fingerprint density at radius 2 is 2.19 bits per heavy atom. The molecule has 1 aromatic rings. The van der Waals surface area contributed by atoms with Gasteiger partial charge in [-0.25, -0.2) is 0 Å². The average molecular weight is 321 g/mol. The number of thiocarbonyl (C=S) groups is 1. The van der Waals surface area contributed by atoms with Crippen LogP contribution in [-0.2, 0) is 0 Å². The number of carbonyl (C=O) groups excluding carboxylic acids is 1. The second-order valence-corrected chi connectivity index (χ2v) is 4.80. The maximum Gasteiger partial charge on any atom is 0.273 e. The van der Waals surface area contributed by atoms with Gasteiger partial charge in [-0.05, 0) is 18.2 Å². The topological polar surface area (TPSA) is 50.4 Å². The predicted octanol–water partition coefficient (Wildman–Crippen LogP) is 1.91. The number of rotatable bonds is 2. The average Bonchev–Trinajstić information content (AvgIpc) is 2.25. The fourth-order valence-electron chi connectivity index (χ4n) is 1.03. The molecule has 0 fully saturated rings. The van der Waals surface area contributed by atoms with Crippen LogP contribution < -0.4 is 15.6 Å². The Morgan fingerprint density at radius 3 is 2.75 bits per heavy atom. The van der Waals surface area contributed by atoms with Gasteiger partial charge < -0.3 is 4.74 Å². The monoisotopic (exact) mass is 320 g/mol. The molecule has 1 aromatic carbocycles. The normalized spacial score (nSPS) is 9.44. The minimum Gasteiger partial charge on any atom is -0.496 e. The number of halogens is 1. The SMILES string of the molecule is COc1cc(Br)ccc1C(=O)NNC(=S)S. The first-order chi connectivity index (χ1) is 7.54. The van der Waals surface area contributed by atoms with E-state index in [2.05, 4.69) is 51.6 Å². The smallest absolute Gasteiger partial charge is 0.273 e. The number of methoxy groups -OCH3 is 1. The van der Waals surface area contributed by atoms with Crippen molar-refractivity contribution in [1.82, 2.24) is 10.9 Å². The first-order valence-corrected chi connectivity index (χ1v) is 5.82. The maximum atomic E-state index is 11.7. The van der Waals surface area contributed by atoms with Crippen LogP contribution in [0.25, 0.3) is 0 Å². The molecule has 0 saturated heterocycles. The van der Waals surface area contributed by atoms with E-state index in [-0.39, 0.29) is 10.2 Å². The van der Waals surface area contributed by atoms with Crippen LogP contribution in [0.15, 0.2) is 22.7 Å². The second-order valence-electron chi connectivity index (χ2n) is 2.73. The lowest BCUT2D eigenvalue weighted by Crippen LogP contribution is -2.38. The zero-order chi connectivity index (χ0) is 12.1. The molecule has 0 aliphatic rings. The highest BCUT2D eigenvalue weighted by atomic mass is 79.9. The van der Waals surface area contributed by atoms with Crippen molar-refractivity contribution in [3.8, 4) is 5.75 Å². The van der Waals surface area contributed by atoms with Crippen molar-refractivity contribution in [3.63, 3.8) is 0 Å². The molecule has 0 aliphatic heterocycles. The molecule has 7 heteroatoms. The third-order valence-corrected chi connectivity index (χ3v) is 2.40. The van der Waals surface area contributed by atoms with Crippen molar-refractivity contribution in [2.45, 2.75) is 0 Å². The number of nitrogens with one attached hydrogen (secondary N) is 2. The van der Waals surface area contributed by atoms with Gasteiger partial charge in [0.05, 0.1) is 12.7 Å². The van der Waals surface area contributed by atoms with E-state index in [1.165, 1.54) is 7.11 Å². The summed E-state index contributed by atoms with van der Waals surface area (Å²) in [4.78, 5) is 11.7. The van der Waals surface area contributed by atoms with E-state index < -0.39 is 0 Å². The molecular formula is C9H9BrN2O2S2. The Bertz CT molecular complexity index is 426. The third kappa shape index (κ3) is 3.66. The van der Waals surface area contributed by atoms with Crippen molar-refractivity contribution in [2.24, 2.45) is 0 Å². The molecule has 0 unspecified atom stereocenters. The van der Waals surface area contributed by atoms with Gasteiger partial charge in [-0.2, -0.15) is 0 Å². The number of hydrazine groups is 1. The van der Waals surface area contributed by atoms with E-state index in [4.69, 9.17) is 4.74 Å². The van der Waals surface area contributed by atoms with Gasteiger partial charge in [-0.3, -0.25) is 15.6 Å². The number of ether oxygens (including phenoxy) is 1. The summed E-state index contributed by atoms with van der Waals surface area (Å²) >= 11 is 11.8. The summed E-state index contributed by atoms with van der Waals surface area (Å²) in [5.74, 6) is 0.125. The van der Waals surface area contributed by atoms with E-state index in [0.29, 0.717) is 11.3 Å². The van der Waals surface area contributed by atoms with Gasteiger partial charge in [-0.1, -0.05) is 28.1 Å². The fraction of sp³-hybridized carbons (Fsp3) is 0.111. The number of amides is 1. The highest BCUT2D eigenvalue weighted by Crippen LogP contribution is 2.23. The second kappa shape index (κ2) is 6.07. The molecule has 16 heavy (non-hydrogen) atoms. The first kappa shape index (κ1) is 13.3. The van der Waals surface area contributed by atoms with Crippen LogP contribution in [-0.4, -0.2) is 17.3 Å². The zero-order valence-corrected chi connectivity index (χ0v) is 11.6. The largest absolute Gasteiger partial charge is 0.496 e. The van der Waals surface area contributed by atoms with Gasteiger partial charge in [0.25, 0.3) is 5.91 Å². The lowest BCUT2D eigenvalue weighted by Gasteiger charge is -2.10. The standard InChI is InChI=1S/C9H9BrN2O2S2/c1-14-7-4-5(10)2-3-6(7)8(13)11-12-9(15)16/h2-4H,1H3,(H,11,13)(H2,12,15,16). The zero-order valence-electron chi connectivity index (χ0n) is 8.28. The predicted molar refractivity (Wildman–Crippen MR) is 72.9 cm³/mol. The number of benzene rings is 1. The summed E-state index contributed by atoms with van der Waals surface area (Å²) in [6.07, 6.45) is 0. The van der Waals surface area contributed by atoms with Crippen LogP contribution in [0.3, 0.4) is 0 Å². The number of hydrogen-bond acceptors (Lipinski definition) is 3.